The second-order valence-electron chi connectivity index (χ2n) is 15.7. The summed E-state index contributed by atoms with van der Waals surface area (Å²) in [7, 11) is -11.8. The van der Waals surface area contributed by atoms with E-state index in [0.29, 0.717) is 95.2 Å². The number of anilines is 1. The van der Waals surface area contributed by atoms with E-state index in [2.05, 4.69) is 4.58 Å². The molecule has 0 saturated carbocycles. The van der Waals surface area contributed by atoms with E-state index in [0.717, 1.165) is 17.1 Å². The number of nitrogens with zero attached hydrogens (tertiary/aromatic N) is 2. The van der Waals surface area contributed by atoms with E-state index in [9.17, 15) is 48.8 Å². The number of rotatable bonds is 28. The lowest BCUT2D eigenvalue weighted by atomic mass is 9.76. The number of unbranched alkanes of at least 4 members (excludes halogenated alkanes) is 2. The Kier molecular flexibility index (Phi) is 18.8. The van der Waals surface area contributed by atoms with E-state index in [1.54, 1.807) is 31.4 Å². The zero-order valence-corrected chi connectivity index (χ0v) is 38.7. The highest BCUT2D eigenvalue weighted by Crippen LogP contribution is 2.51. The lowest BCUT2D eigenvalue weighted by molar-refractivity contribution is -0.438. The zero-order valence-electron chi connectivity index (χ0n) is 36.3. The Bertz CT molecular complexity index is 2380. The van der Waals surface area contributed by atoms with Gasteiger partial charge in [-0.1, -0.05) is 18.2 Å². The average Bonchev–Trinajstić information content (AvgIpc) is 3.58. The van der Waals surface area contributed by atoms with Gasteiger partial charge in [-0.25, -0.2) is 0 Å². The third-order valence-electron chi connectivity index (χ3n) is 11.3. The van der Waals surface area contributed by atoms with Crippen molar-refractivity contribution in [2.24, 2.45) is 0 Å². The van der Waals surface area contributed by atoms with Crippen LogP contribution in [0.3, 0.4) is 0 Å². The number of allylic oxidation sites excluding steroid dienone is 6. The van der Waals surface area contributed by atoms with Crippen molar-refractivity contribution in [2.75, 3.05) is 77.1 Å². The molecule has 2 aromatic carbocycles. The molecule has 0 saturated heterocycles. The highest BCUT2D eigenvalue weighted by Gasteiger charge is 2.48. The molecule has 20 heteroatoms. The van der Waals surface area contributed by atoms with Gasteiger partial charge in [0.05, 0.1) is 60.6 Å². The summed E-state index contributed by atoms with van der Waals surface area (Å²) in [5, 5.41) is 9.18. The van der Waals surface area contributed by atoms with Crippen LogP contribution in [0.4, 0.5) is 11.4 Å². The minimum atomic E-state index is -4.55. The van der Waals surface area contributed by atoms with Crippen molar-refractivity contribution in [3.63, 3.8) is 0 Å². The maximum absolute atomic E-state index is 12.4. The number of carbonyl (C=O) groups is 1. The molecular formula is C43H61N2O15S3+. The van der Waals surface area contributed by atoms with Crippen LogP contribution < -0.4 is 4.90 Å². The topological polar surface area (TPSA) is 244 Å². The molecule has 2 heterocycles. The second kappa shape index (κ2) is 22.9. The third kappa shape index (κ3) is 14.1. The summed E-state index contributed by atoms with van der Waals surface area (Å²) in [6.07, 6.45) is 11.7. The van der Waals surface area contributed by atoms with Crippen molar-refractivity contribution < 1.29 is 72.3 Å². The number of hydrogen-bond acceptors (Lipinski definition) is 12. The van der Waals surface area contributed by atoms with Crippen molar-refractivity contribution in [1.29, 1.82) is 0 Å². The number of carboxylic acids is 1. The molecule has 2 unspecified atom stereocenters. The third-order valence-corrected chi connectivity index (χ3v) is 13.8. The van der Waals surface area contributed by atoms with Crippen LogP contribution in [0.2, 0.25) is 0 Å². The first-order chi connectivity index (χ1) is 29.7. The second-order valence-corrected chi connectivity index (χ2v) is 20.1. The molecule has 0 spiro atoms. The molecule has 0 radical (unpaired) electrons. The predicted molar refractivity (Wildman–Crippen MR) is 237 cm³/mol. The van der Waals surface area contributed by atoms with Crippen molar-refractivity contribution in [3.8, 4) is 0 Å². The van der Waals surface area contributed by atoms with Crippen LogP contribution in [-0.4, -0.2) is 132 Å². The van der Waals surface area contributed by atoms with Gasteiger partial charge in [0.25, 0.3) is 30.4 Å². The summed E-state index contributed by atoms with van der Waals surface area (Å²) in [6.45, 7) is 9.35. The summed E-state index contributed by atoms with van der Waals surface area (Å²) in [6, 6.07) is 8.78. The molecule has 0 aromatic heterocycles. The predicted octanol–water partition coefficient (Wildman–Crippen LogP) is 5.73. The van der Waals surface area contributed by atoms with Gasteiger partial charge in [0, 0.05) is 67.6 Å². The van der Waals surface area contributed by atoms with Crippen molar-refractivity contribution in [3.05, 3.63) is 83.6 Å². The van der Waals surface area contributed by atoms with Gasteiger partial charge >= 0.3 is 5.97 Å². The number of methoxy groups -OCH3 is 1. The summed E-state index contributed by atoms with van der Waals surface area (Å²) >= 11 is 0. The smallest absolute Gasteiger partial charge is 0.303 e. The van der Waals surface area contributed by atoms with Gasteiger partial charge in [-0.15, -0.1) is 0 Å². The van der Waals surface area contributed by atoms with Crippen LogP contribution >= 0.6 is 0 Å². The van der Waals surface area contributed by atoms with Crippen molar-refractivity contribution in [2.45, 2.75) is 86.3 Å². The van der Waals surface area contributed by atoms with Crippen LogP contribution in [0.1, 0.15) is 76.8 Å². The number of fused-ring (bicyclic) bond motifs is 2. The van der Waals surface area contributed by atoms with Crippen molar-refractivity contribution >= 4 is 53.4 Å². The molecule has 350 valence electrons. The number of ether oxygens (including phenoxy) is 4. The molecule has 2 aliphatic rings. The van der Waals surface area contributed by atoms with Crippen LogP contribution in [0.15, 0.2) is 82.3 Å². The lowest BCUT2D eigenvalue weighted by Crippen LogP contribution is -2.33. The van der Waals surface area contributed by atoms with Gasteiger partial charge in [-0.05, 0) is 94.8 Å². The van der Waals surface area contributed by atoms with Gasteiger partial charge in [-0.3, -0.25) is 18.5 Å². The molecule has 0 amide bonds. The minimum absolute atomic E-state index is 0.0342. The first kappa shape index (κ1) is 51.8. The molecular weight excluding hydrogens is 881 g/mol. The lowest BCUT2D eigenvalue weighted by Gasteiger charge is -2.30. The van der Waals surface area contributed by atoms with Crippen LogP contribution in [0.5, 0.6) is 0 Å². The molecule has 63 heavy (non-hydrogen) atoms. The molecule has 17 nitrogen and oxygen atoms in total. The molecule has 0 fully saturated rings. The maximum atomic E-state index is 12.4. The number of hydrogen-bond donors (Lipinski definition) is 4. The first-order valence-electron chi connectivity index (χ1n) is 20.8. The van der Waals surface area contributed by atoms with E-state index < -0.39 is 52.9 Å². The normalized spacial score (nSPS) is 19.9. The largest absolute Gasteiger partial charge is 0.481 e. The Morgan fingerprint density at radius 2 is 1.33 bits per heavy atom. The Hall–Kier alpha value is -3.83. The fourth-order valence-corrected chi connectivity index (χ4v) is 9.66. The molecule has 4 N–H and O–H groups in total. The Morgan fingerprint density at radius 3 is 1.92 bits per heavy atom. The Labute approximate surface area is 371 Å². The fourth-order valence-electron chi connectivity index (χ4n) is 8.14. The monoisotopic (exact) mass is 941 g/mol. The molecule has 2 aliphatic heterocycles. The number of likely N-dealkylation sites (N-methyl/N-ethyl adjacent to an activating group) is 1. The average molecular weight is 942 g/mol. The van der Waals surface area contributed by atoms with E-state index in [1.165, 1.54) is 24.3 Å². The molecule has 2 atom stereocenters. The van der Waals surface area contributed by atoms with Crippen LogP contribution in [-0.2, 0) is 64.9 Å². The van der Waals surface area contributed by atoms with Crippen LogP contribution in [0, 0.1) is 0 Å². The van der Waals surface area contributed by atoms with E-state index in [1.807, 2.05) is 43.9 Å². The number of aliphatic carboxylic acids is 1. The number of carboxylic acid groups (broad SMARTS) is 1. The van der Waals surface area contributed by atoms with Gasteiger partial charge in [0.2, 0.25) is 5.69 Å². The summed E-state index contributed by atoms with van der Waals surface area (Å²) in [5.41, 5.74) is 2.46. The highest BCUT2D eigenvalue weighted by molar-refractivity contribution is 7.86. The number of benzene rings is 2. The Morgan fingerprint density at radius 1 is 0.730 bits per heavy atom. The standard InChI is InChI=1S/C43H60N2O15S3/c1-5-44-37-18-16-33(62(51,52)53)31-35(37)42(2,20-12-30-61(48,49)50)39(44)13-8-6-9-14-40-43(3,21-23-58-26-27-60-29-28-59-25-24-57-4)36-32-34(63(54,55)56)17-19-38(36)45(40)22-11-7-10-15-41(46)47/h6,8-9,13-14,16-19,31-32H,5,7,10-12,15,20-30H2,1-4H3,(H3-,46,47,48,49,50,51,52,53,54,55,56)/p+1. The van der Waals surface area contributed by atoms with Crippen molar-refractivity contribution in [1.82, 2.24) is 0 Å². The molecule has 0 aliphatic carbocycles. The van der Waals surface area contributed by atoms with E-state index in [4.69, 9.17) is 18.9 Å². The molecule has 4 rings (SSSR count). The minimum Gasteiger partial charge on any atom is -0.481 e. The summed E-state index contributed by atoms with van der Waals surface area (Å²) < 4.78 is 126. The Balaban J connectivity index is 1.69. The molecule has 2 aromatic rings. The zero-order chi connectivity index (χ0) is 46.5. The van der Waals surface area contributed by atoms with Gasteiger partial charge in [0.15, 0.2) is 5.71 Å². The van der Waals surface area contributed by atoms with Gasteiger partial charge < -0.3 is 29.0 Å². The van der Waals surface area contributed by atoms with E-state index in [-0.39, 0.29) is 35.7 Å². The summed E-state index contributed by atoms with van der Waals surface area (Å²) in [5.74, 6) is -1.38. The van der Waals surface area contributed by atoms with E-state index >= 15 is 0 Å². The summed E-state index contributed by atoms with van der Waals surface area (Å²) in [4.78, 5) is 12.6. The fraction of sp³-hybridized carbons (Fsp3) is 0.535. The maximum Gasteiger partial charge on any atom is 0.303 e. The first-order valence-corrected chi connectivity index (χ1v) is 25.3. The van der Waals surface area contributed by atoms with Crippen LogP contribution in [0.25, 0.3) is 0 Å². The quantitative estimate of drug-likeness (QED) is 0.0345. The molecule has 0 bridgehead atoms. The SMILES string of the molecule is CCN1/C(=C/C=C/C=C/C2=[N+](CCCCCC(=O)O)c3ccc(S(=O)(=O)O)cc3C2(C)CCOCCOCCOCCOC)C(C)(CCCS(=O)(=O)O)c2cc(S(=O)(=O)O)ccc21. The van der Waals surface area contributed by atoms with Gasteiger partial charge in [0.1, 0.15) is 6.54 Å². The van der Waals surface area contributed by atoms with Gasteiger partial charge in [-0.2, -0.15) is 29.8 Å². The highest BCUT2D eigenvalue weighted by atomic mass is 32.2.